The Morgan fingerprint density at radius 3 is 2.51 bits per heavy atom. The van der Waals surface area contributed by atoms with Crippen molar-refractivity contribution in [1.29, 1.82) is 5.26 Å². The Labute approximate surface area is 228 Å². The lowest BCUT2D eigenvalue weighted by Crippen LogP contribution is -2.36. The normalized spacial score (nSPS) is 18.9. The van der Waals surface area contributed by atoms with Crippen LogP contribution in [0.3, 0.4) is 0 Å². The molecule has 1 fully saturated rings. The summed E-state index contributed by atoms with van der Waals surface area (Å²) in [5.41, 5.74) is 0.386. The van der Waals surface area contributed by atoms with Crippen molar-refractivity contribution in [2.75, 3.05) is 23.3 Å². The third-order valence-corrected chi connectivity index (χ3v) is 7.49. The van der Waals surface area contributed by atoms with E-state index < -0.39 is 17.1 Å². The van der Waals surface area contributed by atoms with Gasteiger partial charge in [-0.25, -0.2) is 4.98 Å². The molecular formula is C31H32N6O2. The van der Waals surface area contributed by atoms with Gasteiger partial charge >= 0.3 is 0 Å². The monoisotopic (exact) mass is 520 g/mol. The van der Waals surface area contributed by atoms with Gasteiger partial charge in [0.25, 0.3) is 11.7 Å². The minimum absolute atomic E-state index is 0.309. The van der Waals surface area contributed by atoms with Crippen molar-refractivity contribution < 1.29 is 9.59 Å². The zero-order valence-electron chi connectivity index (χ0n) is 22.5. The number of carbonyl (C=O) groups excluding carboxylic acids is 2. The number of hydrogen-bond donors (Lipinski definition) is 2. The molecule has 1 saturated heterocycles. The number of ketones is 1. The van der Waals surface area contributed by atoms with Gasteiger partial charge in [0.15, 0.2) is 0 Å². The van der Waals surface area contributed by atoms with Crippen LogP contribution >= 0.6 is 0 Å². The molecule has 2 aliphatic rings. The molecule has 1 unspecified atom stereocenters. The van der Waals surface area contributed by atoms with Gasteiger partial charge < -0.3 is 15.5 Å². The Morgan fingerprint density at radius 2 is 1.79 bits per heavy atom. The van der Waals surface area contributed by atoms with Crippen LogP contribution in [0.4, 0.5) is 17.5 Å². The summed E-state index contributed by atoms with van der Waals surface area (Å²) in [5.74, 6) is -0.00547. The lowest BCUT2D eigenvalue weighted by atomic mass is 9.65. The number of anilines is 3. The van der Waals surface area contributed by atoms with E-state index >= 15 is 0 Å². The number of amides is 1. The molecule has 0 saturated carbocycles. The van der Waals surface area contributed by atoms with Crippen LogP contribution in [0.1, 0.15) is 50.4 Å². The van der Waals surface area contributed by atoms with Gasteiger partial charge in [-0.15, -0.1) is 0 Å². The van der Waals surface area contributed by atoms with Crippen LogP contribution < -0.4 is 15.5 Å². The van der Waals surface area contributed by atoms with E-state index in [2.05, 4.69) is 31.6 Å². The third-order valence-electron chi connectivity index (χ3n) is 7.49. The number of fused-ring (bicyclic) bond motifs is 1. The predicted octanol–water partition coefficient (Wildman–Crippen LogP) is 5.67. The van der Waals surface area contributed by atoms with E-state index in [0.29, 0.717) is 34.8 Å². The number of benzene rings is 2. The summed E-state index contributed by atoms with van der Waals surface area (Å²) in [7, 11) is 0. The Hall–Kier alpha value is -4.51. The number of nitrogens with zero attached hydrogens (tertiary/aromatic N) is 4. The average Bonchev–Trinajstić information content (AvgIpc) is 3.48. The quantitative estimate of drug-likeness (QED) is 0.245. The molecular weight excluding hydrogens is 488 g/mol. The van der Waals surface area contributed by atoms with Gasteiger partial charge in [0.05, 0.1) is 6.07 Å². The van der Waals surface area contributed by atoms with Gasteiger partial charge in [-0.3, -0.25) is 9.59 Å². The van der Waals surface area contributed by atoms with E-state index in [9.17, 15) is 14.9 Å². The zero-order chi connectivity index (χ0) is 27.6. The molecule has 8 heteroatoms. The minimum Gasteiger partial charge on any atom is -0.341 e. The highest BCUT2D eigenvalue weighted by Gasteiger charge is 2.40. The van der Waals surface area contributed by atoms with Crippen molar-refractivity contribution in [3.05, 3.63) is 78.1 Å². The van der Waals surface area contributed by atoms with Crippen LogP contribution in [0, 0.1) is 22.2 Å². The molecule has 0 radical (unpaired) electrons. The number of nitrogens with one attached hydrogen (secondary N) is 2. The summed E-state index contributed by atoms with van der Waals surface area (Å²) in [4.78, 5) is 37.7. The van der Waals surface area contributed by atoms with Crippen molar-refractivity contribution in [2.45, 2.75) is 40.0 Å². The maximum Gasteiger partial charge on any atom is 0.296 e. The molecule has 3 aromatic rings. The van der Waals surface area contributed by atoms with Crippen molar-refractivity contribution >= 4 is 39.9 Å². The lowest BCUT2D eigenvalue weighted by molar-refractivity contribution is -0.116. The summed E-state index contributed by atoms with van der Waals surface area (Å²) in [6.07, 6.45) is 9.96. The fourth-order valence-electron chi connectivity index (χ4n) is 5.10. The summed E-state index contributed by atoms with van der Waals surface area (Å²) >= 11 is 0. The Kier molecular flexibility index (Phi) is 6.92. The number of Topliss-reactive ketones (excluding diaryl/α,β-unsaturated/α-hetero) is 1. The highest BCUT2D eigenvalue weighted by Crippen LogP contribution is 2.43. The predicted molar refractivity (Wildman–Crippen MR) is 153 cm³/mol. The first kappa shape index (κ1) is 26.1. The van der Waals surface area contributed by atoms with Gasteiger partial charge in [0, 0.05) is 48.0 Å². The van der Waals surface area contributed by atoms with Crippen LogP contribution in [0.25, 0.3) is 10.8 Å². The third kappa shape index (κ3) is 5.13. The molecule has 1 aliphatic heterocycles. The smallest absolute Gasteiger partial charge is 0.296 e. The number of aromatic nitrogens is 2. The van der Waals surface area contributed by atoms with E-state index in [1.54, 1.807) is 24.4 Å². The van der Waals surface area contributed by atoms with Gasteiger partial charge in [0.2, 0.25) is 5.95 Å². The van der Waals surface area contributed by atoms with Crippen LogP contribution in [0.5, 0.6) is 0 Å². The molecule has 2 aromatic carbocycles. The second-order valence-corrected chi connectivity index (χ2v) is 11.1. The first-order valence-corrected chi connectivity index (χ1v) is 13.2. The van der Waals surface area contributed by atoms with Gasteiger partial charge in [0.1, 0.15) is 11.2 Å². The average molecular weight is 521 g/mol. The molecule has 198 valence electrons. The van der Waals surface area contributed by atoms with E-state index in [1.165, 1.54) is 0 Å². The molecule has 8 nitrogen and oxygen atoms in total. The van der Waals surface area contributed by atoms with Crippen molar-refractivity contribution in [1.82, 2.24) is 15.3 Å². The number of carbonyl (C=O) groups is 2. The van der Waals surface area contributed by atoms with E-state index in [-0.39, 0.29) is 5.41 Å². The second-order valence-electron chi connectivity index (χ2n) is 11.1. The molecule has 5 rings (SSSR count). The molecule has 1 atom stereocenters. The number of allylic oxidation sites excluding steroid dienone is 3. The van der Waals surface area contributed by atoms with Gasteiger partial charge in [-0.1, -0.05) is 57.2 Å². The molecule has 0 spiro atoms. The molecule has 1 aromatic heterocycles. The summed E-state index contributed by atoms with van der Waals surface area (Å²) in [6, 6.07) is 15.1. The maximum atomic E-state index is 13.4. The lowest BCUT2D eigenvalue weighted by Gasteiger charge is -2.36. The van der Waals surface area contributed by atoms with Crippen LogP contribution in [-0.2, 0) is 4.79 Å². The fraction of sp³-hybridized carbons (Fsp3) is 0.323. The summed E-state index contributed by atoms with van der Waals surface area (Å²) in [5, 5.41) is 17.5. The number of nitriles is 1. The first-order valence-electron chi connectivity index (χ1n) is 13.2. The topological polar surface area (TPSA) is 111 Å². The molecule has 2 N–H and O–H groups in total. The standard InChI is InChI=1S/C31H32N6O2/c1-30(2,3)31(20-32)15-8-9-21(19-31)34-28(39)27(38)24-12-13-25(23-11-5-4-10-22(23)24)35-26-14-16-33-29(36-26)37-17-6-7-18-37/h4-5,8,10-16,19H,6-7,9,17-18H2,1-3H3,(H,34,39)(H,33,35,36). The van der Waals surface area contributed by atoms with Crippen LogP contribution in [0.2, 0.25) is 0 Å². The van der Waals surface area contributed by atoms with Gasteiger partial charge in [-0.2, -0.15) is 10.2 Å². The van der Waals surface area contributed by atoms with Crippen molar-refractivity contribution in [3.63, 3.8) is 0 Å². The summed E-state index contributed by atoms with van der Waals surface area (Å²) < 4.78 is 0. The van der Waals surface area contributed by atoms with Gasteiger partial charge in [-0.05, 0) is 47.9 Å². The maximum absolute atomic E-state index is 13.4. The highest BCUT2D eigenvalue weighted by atomic mass is 16.2. The second kappa shape index (κ2) is 10.3. The molecule has 2 heterocycles. The van der Waals surface area contributed by atoms with Crippen molar-refractivity contribution in [2.24, 2.45) is 10.8 Å². The SMILES string of the molecule is CC(C)(C)C1(C#N)C=CCC(NC(=O)C(=O)c2ccc(Nc3ccnc(N4CCCC4)n3)c3ccccc23)=C1. The Bertz CT molecular complexity index is 1540. The van der Waals surface area contributed by atoms with E-state index in [1.807, 2.05) is 63.3 Å². The number of hydrogen-bond acceptors (Lipinski definition) is 7. The van der Waals surface area contributed by atoms with E-state index in [0.717, 1.165) is 37.0 Å². The fourth-order valence-corrected chi connectivity index (χ4v) is 5.10. The van der Waals surface area contributed by atoms with E-state index in [4.69, 9.17) is 0 Å². The largest absolute Gasteiger partial charge is 0.341 e. The molecule has 1 aliphatic carbocycles. The molecule has 1 amide bonds. The van der Waals surface area contributed by atoms with Crippen LogP contribution in [0.15, 0.2) is 72.6 Å². The Morgan fingerprint density at radius 1 is 1.05 bits per heavy atom. The zero-order valence-corrected chi connectivity index (χ0v) is 22.5. The summed E-state index contributed by atoms with van der Waals surface area (Å²) in [6.45, 7) is 7.83. The first-order chi connectivity index (χ1) is 18.7. The Balaban J connectivity index is 1.40. The molecule has 39 heavy (non-hydrogen) atoms. The molecule has 0 bridgehead atoms. The number of rotatable bonds is 6. The van der Waals surface area contributed by atoms with Crippen molar-refractivity contribution in [3.8, 4) is 6.07 Å². The highest BCUT2D eigenvalue weighted by molar-refractivity contribution is 6.45. The minimum atomic E-state index is -0.868. The van der Waals surface area contributed by atoms with Crippen LogP contribution in [-0.4, -0.2) is 34.7 Å².